The van der Waals surface area contributed by atoms with Gasteiger partial charge in [0.25, 0.3) is 0 Å². The van der Waals surface area contributed by atoms with Crippen LogP contribution in [0.3, 0.4) is 0 Å². The van der Waals surface area contributed by atoms with E-state index in [4.69, 9.17) is 0 Å². The Kier molecular flexibility index (Phi) is 5.96. The van der Waals surface area contributed by atoms with E-state index in [1.165, 1.54) is 16.5 Å². The fourth-order valence-corrected chi connectivity index (χ4v) is 1.95. The van der Waals surface area contributed by atoms with E-state index in [1.807, 2.05) is 0 Å². The first-order chi connectivity index (χ1) is 7.18. The lowest BCUT2D eigenvalue weighted by Gasteiger charge is -2.07. The van der Waals surface area contributed by atoms with E-state index in [2.05, 4.69) is 59.4 Å². The molecule has 1 nitrogen and oxygen atoms in total. The first-order valence-corrected chi connectivity index (χ1v) is 6.43. The van der Waals surface area contributed by atoms with E-state index in [9.17, 15) is 0 Å². The molecule has 1 aromatic rings. The fourth-order valence-electron chi connectivity index (χ4n) is 1.50. The molecule has 1 aromatic carbocycles. The molecule has 0 saturated heterocycles. The topological polar surface area (TPSA) is 12.0 Å². The number of benzene rings is 1. The Hall–Kier alpha value is -0.340. The molecule has 0 heterocycles. The zero-order valence-corrected chi connectivity index (χ0v) is 11.2. The van der Waals surface area contributed by atoms with Crippen LogP contribution in [0.5, 0.6) is 0 Å². The van der Waals surface area contributed by atoms with Crippen LogP contribution >= 0.6 is 15.9 Å². The van der Waals surface area contributed by atoms with Crippen LogP contribution < -0.4 is 5.32 Å². The number of nitrogens with one attached hydrogen (secondary N) is 1. The van der Waals surface area contributed by atoms with Gasteiger partial charge in [-0.25, -0.2) is 0 Å². The summed E-state index contributed by atoms with van der Waals surface area (Å²) in [7, 11) is 0. The first kappa shape index (κ1) is 12.7. The summed E-state index contributed by atoms with van der Waals surface area (Å²) in [5.74, 6) is 0.746. The van der Waals surface area contributed by atoms with Crippen molar-refractivity contribution in [3.8, 4) is 0 Å². The molecule has 0 aliphatic rings. The fraction of sp³-hybridized carbons (Fsp3) is 0.538. The average molecular weight is 270 g/mol. The smallest absolute Gasteiger partial charge is 0.0177 e. The highest BCUT2D eigenvalue weighted by Crippen LogP contribution is 2.12. The van der Waals surface area contributed by atoms with Crippen LogP contribution in [0.4, 0.5) is 0 Å². The van der Waals surface area contributed by atoms with Crippen molar-refractivity contribution >= 4 is 15.9 Å². The summed E-state index contributed by atoms with van der Waals surface area (Å²) in [6.07, 6.45) is 2.37. The van der Waals surface area contributed by atoms with Crippen molar-refractivity contribution in [3.05, 3.63) is 34.3 Å². The van der Waals surface area contributed by atoms with Gasteiger partial charge >= 0.3 is 0 Å². The van der Waals surface area contributed by atoms with Crippen LogP contribution in [0.1, 0.15) is 25.8 Å². The van der Waals surface area contributed by atoms with Crippen molar-refractivity contribution in [1.82, 2.24) is 5.32 Å². The summed E-state index contributed by atoms with van der Waals surface area (Å²) >= 11 is 3.49. The van der Waals surface area contributed by atoms with Gasteiger partial charge in [-0.05, 0) is 49.5 Å². The number of rotatable bonds is 6. The van der Waals surface area contributed by atoms with Gasteiger partial charge in [0, 0.05) is 4.47 Å². The lowest BCUT2D eigenvalue weighted by atomic mass is 10.1. The Balaban J connectivity index is 2.15. The van der Waals surface area contributed by atoms with E-state index in [0.29, 0.717) is 0 Å². The van der Waals surface area contributed by atoms with Crippen LogP contribution in [0, 0.1) is 5.92 Å². The van der Waals surface area contributed by atoms with Gasteiger partial charge in [0.05, 0.1) is 0 Å². The third-order valence-electron chi connectivity index (χ3n) is 2.26. The summed E-state index contributed by atoms with van der Waals surface area (Å²) in [5.41, 5.74) is 1.41. The number of hydrogen-bond donors (Lipinski definition) is 1. The van der Waals surface area contributed by atoms with E-state index in [1.54, 1.807) is 0 Å². The molecule has 0 radical (unpaired) electrons. The van der Waals surface area contributed by atoms with Gasteiger partial charge in [0.15, 0.2) is 0 Å². The second kappa shape index (κ2) is 7.02. The van der Waals surface area contributed by atoms with Crippen LogP contribution in [0.25, 0.3) is 0 Å². The number of aryl methyl sites for hydroxylation is 1. The molecule has 84 valence electrons. The largest absolute Gasteiger partial charge is 0.316 e. The molecule has 1 rings (SSSR count). The standard InChI is InChI=1S/C13H20BrN/c1-11(2)10-15-8-4-6-12-5-3-7-13(14)9-12/h3,5,7,9,11,15H,4,6,8,10H2,1-2H3. The summed E-state index contributed by atoms with van der Waals surface area (Å²) < 4.78 is 1.18. The molecule has 0 atom stereocenters. The molecule has 0 bridgehead atoms. The normalized spacial score (nSPS) is 10.9. The van der Waals surface area contributed by atoms with Crippen molar-refractivity contribution in [3.63, 3.8) is 0 Å². The van der Waals surface area contributed by atoms with Gasteiger partial charge < -0.3 is 5.32 Å². The van der Waals surface area contributed by atoms with Gasteiger partial charge in [-0.15, -0.1) is 0 Å². The quantitative estimate of drug-likeness (QED) is 0.778. The van der Waals surface area contributed by atoms with Crippen LogP contribution in [-0.2, 0) is 6.42 Å². The summed E-state index contributed by atoms with van der Waals surface area (Å²) in [4.78, 5) is 0. The molecule has 0 unspecified atom stereocenters. The second-order valence-electron chi connectivity index (χ2n) is 4.33. The molecule has 1 N–H and O–H groups in total. The highest BCUT2D eigenvalue weighted by Gasteiger charge is 1.95. The van der Waals surface area contributed by atoms with E-state index in [0.717, 1.165) is 25.4 Å². The Morgan fingerprint density at radius 2 is 2.13 bits per heavy atom. The van der Waals surface area contributed by atoms with E-state index in [-0.39, 0.29) is 0 Å². The molecule has 0 aliphatic heterocycles. The molecule has 0 aliphatic carbocycles. The van der Waals surface area contributed by atoms with E-state index < -0.39 is 0 Å². The SMILES string of the molecule is CC(C)CNCCCc1cccc(Br)c1. The van der Waals surface area contributed by atoms with Crippen molar-refractivity contribution in [2.75, 3.05) is 13.1 Å². The summed E-state index contributed by atoms with van der Waals surface area (Å²) in [5, 5.41) is 3.46. The lowest BCUT2D eigenvalue weighted by molar-refractivity contribution is 0.543. The van der Waals surface area contributed by atoms with Gasteiger partial charge in [-0.1, -0.05) is 41.9 Å². The molecule has 0 amide bonds. The van der Waals surface area contributed by atoms with Gasteiger partial charge in [-0.3, -0.25) is 0 Å². The third-order valence-corrected chi connectivity index (χ3v) is 2.75. The van der Waals surface area contributed by atoms with E-state index >= 15 is 0 Å². The number of hydrogen-bond acceptors (Lipinski definition) is 1. The van der Waals surface area contributed by atoms with Crippen LogP contribution in [0.2, 0.25) is 0 Å². The Labute approximate surface area is 101 Å². The minimum atomic E-state index is 0.746. The van der Waals surface area contributed by atoms with Crippen molar-refractivity contribution in [2.45, 2.75) is 26.7 Å². The van der Waals surface area contributed by atoms with Crippen molar-refractivity contribution in [1.29, 1.82) is 0 Å². The Bertz CT molecular complexity index is 284. The van der Waals surface area contributed by atoms with Gasteiger partial charge in [0.2, 0.25) is 0 Å². The maximum absolute atomic E-state index is 3.49. The highest BCUT2D eigenvalue weighted by atomic mass is 79.9. The molecule has 0 fully saturated rings. The van der Waals surface area contributed by atoms with Crippen LogP contribution in [0.15, 0.2) is 28.7 Å². The maximum atomic E-state index is 3.49. The van der Waals surface area contributed by atoms with Gasteiger partial charge in [0.1, 0.15) is 0 Å². The average Bonchev–Trinajstić information content (AvgIpc) is 2.17. The Morgan fingerprint density at radius 1 is 1.33 bits per heavy atom. The predicted octanol–water partition coefficient (Wildman–Crippen LogP) is 3.63. The molecule has 0 saturated carbocycles. The summed E-state index contributed by atoms with van der Waals surface area (Å²) in [6.45, 7) is 6.71. The molecule has 2 heteroatoms. The Morgan fingerprint density at radius 3 is 2.80 bits per heavy atom. The molecule has 15 heavy (non-hydrogen) atoms. The van der Waals surface area contributed by atoms with Crippen molar-refractivity contribution < 1.29 is 0 Å². The molecule has 0 aromatic heterocycles. The zero-order chi connectivity index (χ0) is 11.1. The molecular formula is C13H20BrN. The minimum absolute atomic E-state index is 0.746. The molecule has 0 spiro atoms. The lowest BCUT2D eigenvalue weighted by Crippen LogP contribution is -2.21. The summed E-state index contributed by atoms with van der Waals surface area (Å²) in [6, 6.07) is 8.55. The minimum Gasteiger partial charge on any atom is -0.316 e. The predicted molar refractivity (Wildman–Crippen MR) is 70.2 cm³/mol. The van der Waals surface area contributed by atoms with Crippen molar-refractivity contribution in [2.24, 2.45) is 5.92 Å². The highest BCUT2D eigenvalue weighted by molar-refractivity contribution is 9.10. The zero-order valence-electron chi connectivity index (χ0n) is 9.59. The monoisotopic (exact) mass is 269 g/mol. The maximum Gasteiger partial charge on any atom is 0.0177 e. The molecular weight excluding hydrogens is 250 g/mol. The third kappa shape index (κ3) is 5.95. The second-order valence-corrected chi connectivity index (χ2v) is 5.25. The number of halogens is 1. The van der Waals surface area contributed by atoms with Crippen LogP contribution in [-0.4, -0.2) is 13.1 Å². The van der Waals surface area contributed by atoms with Gasteiger partial charge in [-0.2, -0.15) is 0 Å². The first-order valence-electron chi connectivity index (χ1n) is 5.63.